The molecule has 0 aromatic rings. The van der Waals surface area contributed by atoms with E-state index in [4.69, 9.17) is 5.11 Å². The lowest BCUT2D eigenvalue weighted by Gasteiger charge is -2.26. The van der Waals surface area contributed by atoms with Gasteiger partial charge < -0.3 is 15.3 Å². The largest absolute Gasteiger partial charge is 0.481 e. The fraction of sp³-hybridized carbons (Fsp3) is 0.692. The summed E-state index contributed by atoms with van der Waals surface area (Å²) in [6.07, 6.45) is 8.41. The van der Waals surface area contributed by atoms with Crippen LogP contribution in [0.3, 0.4) is 0 Å². The summed E-state index contributed by atoms with van der Waals surface area (Å²) in [4.78, 5) is 24.6. The molecule has 1 saturated carbocycles. The quantitative estimate of drug-likeness (QED) is 0.749. The Hall–Kier alpha value is -1.52. The van der Waals surface area contributed by atoms with Crippen LogP contribution in [0.2, 0.25) is 0 Å². The van der Waals surface area contributed by atoms with Crippen LogP contribution in [0.15, 0.2) is 12.2 Å². The molecule has 2 atom stereocenters. The van der Waals surface area contributed by atoms with Crippen molar-refractivity contribution in [3.05, 3.63) is 12.2 Å². The Labute approximate surface area is 107 Å². The summed E-state index contributed by atoms with van der Waals surface area (Å²) >= 11 is 0. The number of carboxylic acid groups (broad SMARTS) is 1. The van der Waals surface area contributed by atoms with E-state index in [1.807, 2.05) is 7.05 Å². The summed E-state index contributed by atoms with van der Waals surface area (Å²) < 4.78 is 0. The normalized spacial score (nSPS) is 27.4. The summed E-state index contributed by atoms with van der Waals surface area (Å²) in [5, 5.41) is 11.7. The number of amides is 2. The van der Waals surface area contributed by atoms with E-state index in [9.17, 15) is 9.59 Å². The lowest BCUT2D eigenvalue weighted by Crippen LogP contribution is -2.45. The summed E-state index contributed by atoms with van der Waals surface area (Å²) in [5.41, 5.74) is 0. The molecule has 2 aliphatic carbocycles. The van der Waals surface area contributed by atoms with E-state index in [0.29, 0.717) is 12.5 Å². The monoisotopic (exact) mass is 252 g/mol. The van der Waals surface area contributed by atoms with Crippen molar-refractivity contribution < 1.29 is 14.7 Å². The van der Waals surface area contributed by atoms with Gasteiger partial charge in [-0.05, 0) is 19.3 Å². The van der Waals surface area contributed by atoms with E-state index in [1.54, 1.807) is 17.1 Å². The van der Waals surface area contributed by atoms with Gasteiger partial charge in [0.05, 0.1) is 12.0 Å². The molecule has 0 spiro atoms. The first-order valence-corrected chi connectivity index (χ1v) is 6.52. The SMILES string of the molecule is CN(C(=O)NC1C=CC(C(=O)O)C1)C1CCCC1. The van der Waals surface area contributed by atoms with Crippen LogP contribution in [0.4, 0.5) is 4.79 Å². The number of rotatable bonds is 3. The fourth-order valence-electron chi connectivity index (χ4n) is 2.71. The summed E-state index contributed by atoms with van der Waals surface area (Å²) in [7, 11) is 1.82. The molecule has 0 aromatic heterocycles. The van der Waals surface area contributed by atoms with Crippen molar-refractivity contribution in [1.82, 2.24) is 10.2 Å². The van der Waals surface area contributed by atoms with Gasteiger partial charge in [-0.1, -0.05) is 25.0 Å². The minimum absolute atomic E-state index is 0.0948. The van der Waals surface area contributed by atoms with Crippen molar-refractivity contribution in [2.45, 2.75) is 44.2 Å². The Morgan fingerprint density at radius 1 is 1.28 bits per heavy atom. The zero-order valence-electron chi connectivity index (χ0n) is 10.6. The molecule has 0 radical (unpaired) electrons. The molecule has 5 nitrogen and oxygen atoms in total. The standard InChI is InChI=1S/C13H20N2O3/c1-15(11-4-2-3-5-11)13(18)14-10-7-6-9(8-10)12(16)17/h6-7,9-11H,2-5,8H2,1H3,(H,14,18)(H,16,17). The average Bonchev–Trinajstić information content (AvgIpc) is 2.98. The third kappa shape index (κ3) is 2.83. The van der Waals surface area contributed by atoms with Gasteiger partial charge in [-0.2, -0.15) is 0 Å². The number of nitrogens with one attached hydrogen (secondary N) is 1. The zero-order chi connectivity index (χ0) is 13.1. The maximum Gasteiger partial charge on any atom is 0.317 e. The summed E-state index contributed by atoms with van der Waals surface area (Å²) in [5.74, 6) is -1.29. The highest BCUT2D eigenvalue weighted by molar-refractivity contribution is 5.76. The minimum atomic E-state index is -0.827. The van der Waals surface area contributed by atoms with Gasteiger partial charge in [0.1, 0.15) is 0 Å². The zero-order valence-corrected chi connectivity index (χ0v) is 10.6. The van der Waals surface area contributed by atoms with Crippen LogP contribution in [0.5, 0.6) is 0 Å². The number of hydrogen-bond donors (Lipinski definition) is 2. The molecule has 2 unspecified atom stereocenters. The van der Waals surface area contributed by atoms with Gasteiger partial charge in [0.25, 0.3) is 0 Å². The van der Waals surface area contributed by atoms with Gasteiger partial charge in [-0.15, -0.1) is 0 Å². The number of carbonyl (C=O) groups is 2. The number of urea groups is 1. The topological polar surface area (TPSA) is 69.6 Å². The molecule has 2 aliphatic rings. The molecule has 100 valence electrons. The van der Waals surface area contributed by atoms with Crippen LogP contribution in [-0.4, -0.2) is 41.1 Å². The van der Waals surface area contributed by atoms with Crippen LogP contribution in [0.25, 0.3) is 0 Å². The molecule has 0 bridgehead atoms. The maximum absolute atomic E-state index is 12.0. The minimum Gasteiger partial charge on any atom is -0.481 e. The lowest BCUT2D eigenvalue weighted by molar-refractivity contribution is -0.140. The van der Waals surface area contributed by atoms with Crippen molar-refractivity contribution in [2.75, 3.05) is 7.05 Å². The highest BCUT2D eigenvalue weighted by Gasteiger charge is 2.28. The van der Waals surface area contributed by atoms with Gasteiger partial charge in [-0.25, -0.2) is 4.79 Å². The Morgan fingerprint density at radius 2 is 1.94 bits per heavy atom. The summed E-state index contributed by atoms with van der Waals surface area (Å²) in [6, 6.07) is 0.0932. The molecule has 2 amide bonds. The molecule has 0 heterocycles. The van der Waals surface area contributed by atoms with Crippen molar-refractivity contribution in [3.63, 3.8) is 0 Å². The molecule has 1 fully saturated rings. The molecule has 2 rings (SSSR count). The Bertz CT molecular complexity index is 361. The summed E-state index contributed by atoms with van der Waals surface area (Å²) in [6.45, 7) is 0. The lowest BCUT2D eigenvalue weighted by atomic mass is 10.1. The predicted molar refractivity (Wildman–Crippen MR) is 67.2 cm³/mol. The van der Waals surface area contributed by atoms with Crippen molar-refractivity contribution in [2.24, 2.45) is 5.92 Å². The maximum atomic E-state index is 12.0. The van der Waals surface area contributed by atoms with Crippen molar-refractivity contribution in [1.29, 1.82) is 0 Å². The second-order valence-electron chi connectivity index (χ2n) is 5.17. The smallest absolute Gasteiger partial charge is 0.317 e. The van der Waals surface area contributed by atoms with Gasteiger partial charge in [0.15, 0.2) is 0 Å². The number of carbonyl (C=O) groups excluding carboxylic acids is 1. The molecule has 0 aromatic carbocycles. The van der Waals surface area contributed by atoms with Gasteiger partial charge >= 0.3 is 12.0 Å². The highest BCUT2D eigenvalue weighted by Crippen LogP contribution is 2.23. The van der Waals surface area contributed by atoms with E-state index < -0.39 is 11.9 Å². The second kappa shape index (κ2) is 5.42. The molecule has 2 N–H and O–H groups in total. The van der Waals surface area contributed by atoms with E-state index in [0.717, 1.165) is 12.8 Å². The van der Waals surface area contributed by atoms with Crippen molar-refractivity contribution in [3.8, 4) is 0 Å². The predicted octanol–water partition coefficient (Wildman–Crippen LogP) is 1.60. The van der Waals surface area contributed by atoms with Crippen LogP contribution in [0, 0.1) is 5.92 Å². The third-order valence-corrected chi connectivity index (χ3v) is 3.90. The first-order chi connectivity index (χ1) is 8.58. The van der Waals surface area contributed by atoms with Gasteiger partial charge in [0, 0.05) is 13.1 Å². The van der Waals surface area contributed by atoms with Gasteiger partial charge in [0.2, 0.25) is 0 Å². The molecular formula is C13H20N2O3. The number of aliphatic carboxylic acids is 1. The highest BCUT2D eigenvalue weighted by atomic mass is 16.4. The molecule has 0 aliphatic heterocycles. The molecular weight excluding hydrogens is 232 g/mol. The molecule has 18 heavy (non-hydrogen) atoms. The van der Waals surface area contributed by atoms with Gasteiger partial charge in [-0.3, -0.25) is 4.79 Å². The average molecular weight is 252 g/mol. The van der Waals surface area contributed by atoms with E-state index >= 15 is 0 Å². The van der Waals surface area contributed by atoms with E-state index in [2.05, 4.69) is 5.32 Å². The number of hydrogen-bond acceptors (Lipinski definition) is 2. The number of nitrogens with zero attached hydrogens (tertiary/aromatic N) is 1. The van der Waals surface area contributed by atoms with E-state index in [1.165, 1.54) is 12.8 Å². The molecule has 5 heteroatoms. The first kappa shape index (κ1) is 12.9. The van der Waals surface area contributed by atoms with Crippen LogP contribution < -0.4 is 5.32 Å². The first-order valence-electron chi connectivity index (χ1n) is 6.52. The number of carboxylic acids is 1. The van der Waals surface area contributed by atoms with Crippen LogP contribution in [-0.2, 0) is 4.79 Å². The molecule has 0 saturated heterocycles. The fourth-order valence-corrected chi connectivity index (χ4v) is 2.71. The van der Waals surface area contributed by atoms with Crippen LogP contribution >= 0.6 is 0 Å². The Balaban J connectivity index is 1.81. The Morgan fingerprint density at radius 3 is 2.50 bits per heavy atom. The van der Waals surface area contributed by atoms with Crippen molar-refractivity contribution >= 4 is 12.0 Å². The third-order valence-electron chi connectivity index (χ3n) is 3.90. The van der Waals surface area contributed by atoms with E-state index in [-0.39, 0.29) is 12.1 Å². The Kier molecular flexibility index (Phi) is 3.89. The van der Waals surface area contributed by atoms with Crippen LogP contribution in [0.1, 0.15) is 32.1 Å². The second-order valence-corrected chi connectivity index (χ2v) is 5.17.